The van der Waals surface area contributed by atoms with Crippen LogP contribution in [0.15, 0.2) is 29.2 Å². The molecule has 0 aliphatic carbocycles. The van der Waals surface area contributed by atoms with Gasteiger partial charge in [0.05, 0.1) is 43.0 Å². The molecule has 0 aromatic heterocycles. The molecular formula is C17H24N2O6S. The second-order valence-electron chi connectivity index (χ2n) is 6.37. The second-order valence-corrected chi connectivity index (χ2v) is 8.31. The number of benzene rings is 1. The van der Waals surface area contributed by atoms with Crippen molar-refractivity contribution in [3.05, 3.63) is 24.3 Å². The SMILES string of the molecule is CCOc1ccc(S(=O)(=O)N2C[C@@H]3OCC(NC(C)=O)CO[C@H]3C2)cc1. The first kappa shape index (κ1) is 19.1. The van der Waals surface area contributed by atoms with Crippen molar-refractivity contribution in [3.63, 3.8) is 0 Å². The Bertz CT molecular complexity index is 720. The smallest absolute Gasteiger partial charge is 0.243 e. The van der Waals surface area contributed by atoms with Crippen LogP contribution in [-0.4, -0.2) is 69.8 Å². The molecule has 26 heavy (non-hydrogen) atoms. The lowest BCUT2D eigenvalue weighted by atomic mass is 10.3. The predicted molar refractivity (Wildman–Crippen MR) is 93.5 cm³/mol. The number of nitrogens with zero attached hydrogens (tertiary/aromatic N) is 1. The van der Waals surface area contributed by atoms with Crippen molar-refractivity contribution in [1.29, 1.82) is 0 Å². The quantitative estimate of drug-likeness (QED) is 0.789. The number of nitrogens with one attached hydrogen (secondary N) is 1. The monoisotopic (exact) mass is 384 g/mol. The van der Waals surface area contributed by atoms with Crippen molar-refractivity contribution in [3.8, 4) is 5.75 Å². The number of rotatable bonds is 5. The molecule has 3 rings (SSSR count). The van der Waals surface area contributed by atoms with E-state index in [2.05, 4.69) is 5.32 Å². The Morgan fingerprint density at radius 2 is 1.77 bits per heavy atom. The maximum absolute atomic E-state index is 12.9. The Morgan fingerprint density at radius 1 is 1.19 bits per heavy atom. The largest absolute Gasteiger partial charge is 0.494 e. The summed E-state index contributed by atoms with van der Waals surface area (Å²) in [7, 11) is -3.63. The van der Waals surface area contributed by atoms with E-state index in [0.29, 0.717) is 25.6 Å². The summed E-state index contributed by atoms with van der Waals surface area (Å²) in [6, 6.07) is 6.17. The van der Waals surface area contributed by atoms with Gasteiger partial charge in [0.2, 0.25) is 15.9 Å². The molecule has 2 atom stereocenters. The molecule has 2 aliphatic rings. The molecule has 2 fully saturated rings. The molecular weight excluding hydrogens is 360 g/mol. The molecule has 1 aromatic rings. The van der Waals surface area contributed by atoms with Crippen molar-refractivity contribution in [2.45, 2.75) is 37.0 Å². The maximum Gasteiger partial charge on any atom is 0.243 e. The number of sulfonamides is 1. The van der Waals surface area contributed by atoms with Gasteiger partial charge in [-0.3, -0.25) is 4.79 Å². The van der Waals surface area contributed by atoms with Crippen molar-refractivity contribution < 1.29 is 27.4 Å². The third-order valence-electron chi connectivity index (χ3n) is 4.38. The van der Waals surface area contributed by atoms with E-state index in [1.54, 1.807) is 24.3 Å². The van der Waals surface area contributed by atoms with Gasteiger partial charge >= 0.3 is 0 Å². The van der Waals surface area contributed by atoms with Crippen LogP contribution in [0.3, 0.4) is 0 Å². The first-order chi connectivity index (χ1) is 12.4. The van der Waals surface area contributed by atoms with Gasteiger partial charge in [0.1, 0.15) is 5.75 Å². The Labute approximate surface area is 153 Å². The van der Waals surface area contributed by atoms with Crippen LogP contribution in [0.1, 0.15) is 13.8 Å². The highest BCUT2D eigenvalue weighted by atomic mass is 32.2. The molecule has 9 heteroatoms. The van der Waals surface area contributed by atoms with E-state index < -0.39 is 10.0 Å². The topological polar surface area (TPSA) is 94.2 Å². The van der Waals surface area contributed by atoms with E-state index in [-0.39, 0.29) is 42.1 Å². The predicted octanol–water partition coefficient (Wildman–Crippen LogP) is 0.378. The van der Waals surface area contributed by atoms with E-state index in [4.69, 9.17) is 14.2 Å². The number of hydrogen-bond acceptors (Lipinski definition) is 6. The van der Waals surface area contributed by atoms with Gasteiger partial charge in [-0.05, 0) is 31.2 Å². The summed E-state index contributed by atoms with van der Waals surface area (Å²) in [4.78, 5) is 11.4. The van der Waals surface area contributed by atoms with Gasteiger partial charge in [0, 0.05) is 20.0 Å². The van der Waals surface area contributed by atoms with Gasteiger partial charge in [0.15, 0.2) is 0 Å². The van der Waals surface area contributed by atoms with Gasteiger partial charge in [-0.15, -0.1) is 0 Å². The second kappa shape index (κ2) is 7.91. The van der Waals surface area contributed by atoms with Crippen LogP contribution in [-0.2, 0) is 24.3 Å². The highest BCUT2D eigenvalue weighted by Crippen LogP contribution is 2.27. The van der Waals surface area contributed by atoms with Gasteiger partial charge in [-0.2, -0.15) is 4.31 Å². The first-order valence-corrected chi connectivity index (χ1v) is 10.1. The Hall–Kier alpha value is -1.68. The zero-order valence-corrected chi connectivity index (χ0v) is 15.7. The molecule has 0 bridgehead atoms. The van der Waals surface area contributed by atoms with Crippen LogP contribution < -0.4 is 10.1 Å². The molecule has 2 aliphatic heterocycles. The first-order valence-electron chi connectivity index (χ1n) is 8.63. The summed E-state index contributed by atoms with van der Waals surface area (Å²) in [5.74, 6) is 0.489. The van der Waals surface area contributed by atoms with Crippen molar-refractivity contribution in [2.24, 2.45) is 0 Å². The van der Waals surface area contributed by atoms with E-state index in [9.17, 15) is 13.2 Å². The Kier molecular flexibility index (Phi) is 5.81. The number of amides is 1. The molecule has 0 radical (unpaired) electrons. The average molecular weight is 384 g/mol. The molecule has 2 saturated heterocycles. The zero-order valence-electron chi connectivity index (χ0n) is 14.9. The van der Waals surface area contributed by atoms with Crippen LogP contribution in [0.5, 0.6) is 5.75 Å². The van der Waals surface area contributed by atoms with Crippen LogP contribution in [0.2, 0.25) is 0 Å². The van der Waals surface area contributed by atoms with Gasteiger partial charge in [0.25, 0.3) is 0 Å². The lowest BCUT2D eigenvalue weighted by Gasteiger charge is -2.19. The Morgan fingerprint density at radius 3 is 2.27 bits per heavy atom. The van der Waals surface area contributed by atoms with E-state index in [1.807, 2.05) is 6.92 Å². The minimum absolute atomic E-state index is 0.144. The molecule has 1 N–H and O–H groups in total. The third-order valence-corrected chi connectivity index (χ3v) is 6.23. The minimum Gasteiger partial charge on any atom is -0.494 e. The summed E-state index contributed by atoms with van der Waals surface area (Å²) >= 11 is 0. The fourth-order valence-electron chi connectivity index (χ4n) is 3.15. The van der Waals surface area contributed by atoms with Crippen LogP contribution in [0.4, 0.5) is 0 Å². The van der Waals surface area contributed by atoms with Crippen molar-refractivity contribution in [1.82, 2.24) is 9.62 Å². The molecule has 2 heterocycles. The standard InChI is InChI=1S/C17H24N2O6S/c1-3-23-14-4-6-15(7-5-14)26(21,22)19-8-16-17(9-19)25-11-13(10-24-16)18-12(2)20/h4-7,13,16-17H,3,8-11H2,1-2H3,(H,18,20)/t16-,17-/m0/s1. The number of hydrogen-bond donors (Lipinski definition) is 1. The summed E-state index contributed by atoms with van der Waals surface area (Å²) in [6.45, 7) is 4.90. The Balaban J connectivity index is 1.66. The van der Waals surface area contributed by atoms with Gasteiger partial charge < -0.3 is 19.5 Å². The van der Waals surface area contributed by atoms with Crippen molar-refractivity contribution in [2.75, 3.05) is 32.9 Å². The molecule has 0 unspecified atom stereocenters. The average Bonchev–Trinajstić information content (AvgIpc) is 2.93. The van der Waals surface area contributed by atoms with Crippen LogP contribution >= 0.6 is 0 Å². The lowest BCUT2D eigenvalue weighted by molar-refractivity contribution is -0.120. The normalized spacial score (nSPS) is 24.7. The van der Waals surface area contributed by atoms with Crippen molar-refractivity contribution >= 4 is 15.9 Å². The summed E-state index contributed by atoms with van der Waals surface area (Å²) in [6.07, 6.45) is -0.683. The number of ether oxygens (including phenoxy) is 3. The summed E-state index contributed by atoms with van der Waals surface area (Å²) in [5.41, 5.74) is 0. The summed E-state index contributed by atoms with van der Waals surface area (Å²) in [5, 5.41) is 2.76. The van der Waals surface area contributed by atoms with E-state index >= 15 is 0 Å². The molecule has 0 spiro atoms. The zero-order chi connectivity index (χ0) is 18.7. The van der Waals surface area contributed by atoms with Gasteiger partial charge in [-0.1, -0.05) is 0 Å². The number of carbonyl (C=O) groups excluding carboxylic acids is 1. The van der Waals surface area contributed by atoms with E-state index in [1.165, 1.54) is 11.2 Å². The molecule has 8 nitrogen and oxygen atoms in total. The minimum atomic E-state index is -3.63. The van der Waals surface area contributed by atoms with Crippen LogP contribution in [0.25, 0.3) is 0 Å². The summed E-state index contributed by atoms with van der Waals surface area (Å²) < 4.78 is 44.0. The van der Waals surface area contributed by atoms with Gasteiger partial charge in [-0.25, -0.2) is 8.42 Å². The molecule has 1 aromatic carbocycles. The third kappa shape index (κ3) is 4.17. The molecule has 0 saturated carbocycles. The maximum atomic E-state index is 12.9. The lowest BCUT2D eigenvalue weighted by Crippen LogP contribution is -2.40. The molecule has 144 valence electrons. The highest BCUT2D eigenvalue weighted by molar-refractivity contribution is 7.89. The fraction of sp³-hybridized carbons (Fsp3) is 0.588. The highest BCUT2D eigenvalue weighted by Gasteiger charge is 2.42. The number of fused-ring (bicyclic) bond motifs is 1. The fourth-order valence-corrected chi connectivity index (χ4v) is 4.61. The van der Waals surface area contributed by atoms with Crippen LogP contribution in [0, 0.1) is 0 Å². The molecule has 1 amide bonds. The number of carbonyl (C=O) groups is 1. The van der Waals surface area contributed by atoms with E-state index in [0.717, 1.165) is 0 Å².